The Morgan fingerprint density at radius 3 is 2.50 bits per heavy atom. The Hall–Kier alpha value is -3.19. The first kappa shape index (κ1) is 24.0. The van der Waals surface area contributed by atoms with Crippen molar-refractivity contribution in [3.8, 4) is 5.75 Å². The summed E-state index contributed by atoms with van der Waals surface area (Å²) in [7, 11) is 1.58. The molecule has 2 aromatic carbocycles. The number of carbonyl (C=O) groups is 2. The van der Waals surface area contributed by atoms with Gasteiger partial charge in [-0.2, -0.15) is 0 Å². The molecular weight excluding hydrogens is 451 g/mol. The fraction of sp³-hybridized carbons (Fsp3) is 0.333. The van der Waals surface area contributed by atoms with Crippen molar-refractivity contribution in [3.05, 3.63) is 82.3 Å². The first-order valence-corrected chi connectivity index (χ1v) is 12.5. The molecule has 1 N–H and O–H groups in total. The van der Waals surface area contributed by atoms with Crippen LogP contribution in [0, 0.1) is 5.82 Å². The summed E-state index contributed by atoms with van der Waals surface area (Å²) in [6.45, 7) is 0. The fourth-order valence-corrected chi connectivity index (χ4v) is 5.14. The SMILES string of the molecule is COc1ccc(C(C(=O)NC2CCCCC2)N(C(=O)Cc2cccs2)c2cccc(F)c2)cc1. The highest BCUT2D eigenvalue weighted by atomic mass is 32.1. The Morgan fingerprint density at radius 2 is 1.85 bits per heavy atom. The minimum atomic E-state index is -0.943. The molecule has 0 bridgehead atoms. The number of nitrogens with zero attached hydrogens (tertiary/aromatic N) is 1. The molecule has 2 amide bonds. The molecule has 34 heavy (non-hydrogen) atoms. The Balaban J connectivity index is 1.74. The van der Waals surface area contributed by atoms with Crippen molar-refractivity contribution in [2.75, 3.05) is 12.0 Å². The molecule has 1 heterocycles. The second-order valence-electron chi connectivity index (χ2n) is 8.52. The predicted molar refractivity (Wildman–Crippen MR) is 133 cm³/mol. The van der Waals surface area contributed by atoms with Crippen LogP contribution < -0.4 is 15.0 Å². The van der Waals surface area contributed by atoms with E-state index in [1.165, 1.54) is 34.8 Å². The molecule has 4 rings (SSSR count). The van der Waals surface area contributed by atoms with E-state index in [-0.39, 0.29) is 24.3 Å². The number of anilines is 1. The molecule has 1 atom stereocenters. The van der Waals surface area contributed by atoms with Gasteiger partial charge in [0.25, 0.3) is 0 Å². The molecule has 1 unspecified atom stereocenters. The van der Waals surface area contributed by atoms with Gasteiger partial charge in [-0.3, -0.25) is 14.5 Å². The molecule has 0 radical (unpaired) electrons. The van der Waals surface area contributed by atoms with Gasteiger partial charge in [0.1, 0.15) is 17.6 Å². The number of hydrogen-bond donors (Lipinski definition) is 1. The van der Waals surface area contributed by atoms with E-state index in [0.717, 1.165) is 30.6 Å². The third-order valence-corrected chi connectivity index (χ3v) is 7.03. The molecule has 0 saturated heterocycles. The lowest BCUT2D eigenvalue weighted by Gasteiger charge is -2.33. The average molecular weight is 481 g/mol. The molecule has 1 saturated carbocycles. The van der Waals surface area contributed by atoms with Crippen molar-refractivity contribution in [2.45, 2.75) is 50.6 Å². The van der Waals surface area contributed by atoms with Crippen LogP contribution in [0.2, 0.25) is 0 Å². The summed E-state index contributed by atoms with van der Waals surface area (Å²) >= 11 is 1.48. The molecule has 0 spiro atoms. The normalized spacial score (nSPS) is 14.9. The van der Waals surface area contributed by atoms with E-state index in [1.54, 1.807) is 43.5 Å². The van der Waals surface area contributed by atoms with Gasteiger partial charge < -0.3 is 10.1 Å². The number of rotatable bonds is 8. The Bertz CT molecular complexity index is 1100. The van der Waals surface area contributed by atoms with Crippen molar-refractivity contribution >= 4 is 28.8 Å². The van der Waals surface area contributed by atoms with Gasteiger partial charge in [0.05, 0.1) is 13.5 Å². The lowest BCUT2D eigenvalue weighted by atomic mass is 9.94. The van der Waals surface area contributed by atoms with E-state index in [4.69, 9.17) is 4.74 Å². The highest BCUT2D eigenvalue weighted by Crippen LogP contribution is 2.31. The van der Waals surface area contributed by atoms with Gasteiger partial charge in [-0.05, 0) is 60.2 Å². The zero-order chi connectivity index (χ0) is 23.9. The van der Waals surface area contributed by atoms with E-state index in [1.807, 2.05) is 17.5 Å². The van der Waals surface area contributed by atoms with Crippen LogP contribution in [-0.4, -0.2) is 25.0 Å². The summed E-state index contributed by atoms with van der Waals surface area (Å²) in [6, 6.07) is 15.9. The number of halogens is 1. The van der Waals surface area contributed by atoms with Gasteiger partial charge in [0, 0.05) is 16.6 Å². The number of hydrogen-bond acceptors (Lipinski definition) is 4. The minimum absolute atomic E-state index is 0.0729. The molecular formula is C27H29FN2O3S. The van der Waals surface area contributed by atoms with Crippen LogP contribution in [0.5, 0.6) is 5.75 Å². The van der Waals surface area contributed by atoms with Gasteiger partial charge >= 0.3 is 0 Å². The molecule has 1 fully saturated rings. The maximum Gasteiger partial charge on any atom is 0.248 e. The van der Waals surface area contributed by atoms with E-state index in [2.05, 4.69) is 5.32 Å². The first-order valence-electron chi connectivity index (χ1n) is 11.6. The summed E-state index contributed by atoms with van der Waals surface area (Å²) in [5.74, 6) is -0.349. The van der Waals surface area contributed by atoms with Crippen LogP contribution in [0.4, 0.5) is 10.1 Å². The van der Waals surface area contributed by atoms with Gasteiger partial charge in [-0.1, -0.05) is 43.5 Å². The summed E-state index contributed by atoms with van der Waals surface area (Å²) in [6.07, 6.45) is 5.28. The van der Waals surface area contributed by atoms with E-state index in [9.17, 15) is 14.0 Å². The summed E-state index contributed by atoms with van der Waals surface area (Å²) in [5.41, 5.74) is 0.985. The number of carbonyl (C=O) groups excluding carboxylic acids is 2. The van der Waals surface area contributed by atoms with Crippen LogP contribution in [0.3, 0.4) is 0 Å². The molecule has 1 aromatic heterocycles. The van der Waals surface area contributed by atoms with Crippen LogP contribution in [-0.2, 0) is 16.0 Å². The number of benzene rings is 2. The van der Waals surface area contributed by atoms with Crippen molar-refractivity contribution < 1.29 is 18.7 Å². The number of amides is 2. The molecule has 1 aliphatic rings. The molecule has 3 aromatic rings. The molecule has 0 aliphatic heterocycles. The number of nitrogens with one attached hydrogen (secondary N) is 1. The van der Waals surface area contributed by atoms with Crippen LogP contribution >= 0.6 is 11.3 Å². The third kappa shape index (κ3) is 5.83. The zero-order valence-electron chi connectivity index (χ0n) is 19.2. The Kier molecular flexibility index (Phi) is 7.95. The van der Waals surface area contributed by atoms with Crippen LogP contribution in [0.1, 0.15) is 48.6 Å². The van der Waals surface area contributed by atoms with E-state index < -0.39 is 11.9 Å². The van der Waals surface area contributed by atoms with Crippen molar-refractivity contribution in [2.24, 2.45) is 0 Å². The summed E-state index contributed by atoms with van der Waals surface area (Å²) < 4.78 is 19.5. The van der Waals surface area contributed by atoms with Crippen molar-refractivity contribution in [1.29, 1.82) is 0 Å². The molecule has 5 nitrogen and oxygen atoms in total. The molecule has 1 aliphatic carbocycles. The predicted octanol–water partition coefficient (Wildman–Crippen LogP) is 5.66. The van der Waals surface area contributed by atoms with Gasteiger partial charge in [0.2, 0.25) is 11.8 Å². The topological polar surface area (TPSA) is 58.6 Å². The van der Waals surface area contributed by atoms with Crippen LogP contribution in [0.25, 0.3) is 0 Å². The van der Waals surface area contributed by atoms with Crippen LogP contribution in [0.15, 0.2) is 66.0 Å². The fourth-order valence-electron chi connectivity index (χ4n) is 4.44. The number of thiophene rings is 1. The van der Waals surface area contributed by atoms with Gasteiger partial charge in [0.15, 0.2) is 0 Å². The van der Waals surface area contributed by atoms with Gasteiger partial charge in [-0.25, -0.2) is 4.39 Å². The highest BCUT2D eigenvalue weighted by Gasteiger charge is 2.34. The Labute approximate surface area is 203 Å². The molecule has 7 heteroatoms. The molecule has 178 valence electrons. The minimum Gasteiger partial charge on any atom is -0.497 e. The highest BCUT2D eigenvalue weighted by molar-refractivity contribution is 7.10. The monoisotopic (exact) mass is 480 g/mol. The number of methoxy groups -OCH3 is 1. The maximum absolute atomic E-state index is 14.3. The summed E-state index contributed by atoms with van der Waals surface area (Å²) in [5, 5.41) is 5.08. The lowest BCUT2D eigenvalue weighted by molar-refractivity contribution is -0.127. The second-order valence-corrected chi connectivity index (χ2v) is 9.55. The average Bonchev–Trinajstić information content (AvgIpc) is 3.36. The Morgan fingerprint density at radius 1 is 1.09 bits per heavy atom. The summed E-state index contributed by atoms with van der Waals surface area (Å²) in [4.78, 5) is 29.7. The standard InChI is InChI=1S/C27H29FN2O3S/c1-33-23-14-12-19(13-15-23)26(27(32)29-21-8-3-2-4-9-21)30(22-10-5-7-20(28)17-22)25(31)18-24-11-6-16-34-24/h5-7,10-17,21,26H,2-4,8-9,18H2,1H3,(H,29,32). The maximum atomic E-state index is 14.3. The zero-order valence-corrected chi connectivity index (χ0v) is 20.0. The quantitative estimate of drug-likeness (QED) is 0.453. The smallest absolute Gasteiger partial charge is 0.248 e. The first-order chi connectivity index (χ1) is 16.5. The van der Waals surface area contributed by atoms with E-state index >= 15 is 0 Å². The second kappa shape index (κ2) is 11.3. The lowest BCUT2D eigenvalue weighted by Crippen LogP contribution is -2.47. The number of ether oxygens (including phenoxy) is 1. The van der Waals surface area contributed by atoms with Crippen molar-refractivity contribution in [1.82, 2.24) is 5.32 Å². The largest absolute Gasteiger partial charge is 0.497 e. The van der Waals surface area contributed by atoms with Gasteiger partial charge in [-0.15, -0.1) is 11.3 Å². The third-order valence-electron chi connectivity index (χ3n) is 6.15. The van der Waals surface area contributed by atoms with E-state index in [0.29, 0.717) is 17.0 Å². The van der Waals surface area contributed by atoms with Crippen molar-refractivity contribution in [3.63, 3.8) is 0 Å².